The molecule has 2 aromatic heterocycles. The molecule has 3 aliphatic rings. The van der Waals surface area contributed by atoms with Crippen LogP contribution < -0.4 is 19.5 Å². The molecule has 11 heteroatoms. The first-order valence-corrected chi connectivity index (χ1v) is 13.2. The summed E-state index contributed by atoms with van der Waals surface area (Å²) in [5, 5.41) is 3.10. The lowest BCUT2D eigenvalue weighted by Gasteiger charge is -2.31. The van der Waals surface area contributed by atoms with E-state index in [-0.39, 0.29) is 24.8 Å². The zero-order valence-corrected chi connectivity index (χ0v) is 21.3. The van der Waals surface area contributed by atoms with Crippen LogP contribution in [0.5, 0.6) is 17.2 Å². The summed E-state index contributed by atoms with van der Waals surface area (Å²) in [6.07, 6.45) is 7.70. The Balaban J connectivity index is 1.24. The van der Waals surface area contributed by atoms with Crippen LogP contribution in [0.4, 0.5) is 4.79 Å². The van der Waals surface area contributed by atoms with E-state index < -0.39 is 0 Å². The summed E-state index contributed by atoms with van der Waals surface area (Å²) in [4.78, 5) is 39.1. The highest BCUT2D eigenvalue weighted by atomic mass is 16.7. The molecule has 1 saturated heterocycles. The number of amides is 2. The fraction of sp³-hybridized carbons (Fsp3) is 0.481. The lowest BCUT2D eigenvalue weighted by molar-refractivity contribution is 0.0861. The third-order valence-electron chi connectivity index (χ3n) is 7.50. The van der Waals surface area contributed by atoms with E-state index in [0.717, 1.165) is 0 Å². The van der Waals surface area contributed by atoms with E-state index in [1.165, 1.54) is 25.6 Å². The summed E-state index contributed by atoms with van der Waals surface area (Å²) >= 11 is 0. The molecule has 11 nitrogen and oxygen atoms in total. The van der Waals surface area contributed by atoms with Gasteiger partial charge in [-0.1, -0.05) is 6.42 Å². The monoisotopic (exact) mass is 521 g/mol. The van der Waals surface area contributed by atoms with Crippen molar-refractivity contribution >= 4 is 23.0 Å². The van der Waals surface area contributed by atoms with Gasteiger partial charge >= 0.3 is 6.09 Å². The molecule has 0 unspecified atom stereocenters. The summed E-state index contributed by atoms with van der Waals surface area (Å²) in [5.41, 5.74) is 2.83. The van der Waals surface area contributed by atoms with Crippen molar-refractivity contribution in [2.24, 2.45) is 5.92 Å². The molecule has 200 valence electrons. The van der Waals surface area contributed by atoms with Crippen LogP contribution in [-0.4, -0.2) is 71.0 Å². The molecule has 4 heterocycles. The molecular weight excluding hydrogens is 490 g/mol. The maximum Gasteiger partial charge on any atom is 0.409 e. The second-order valence-corrected chi connectivity index (χ2v) is 9.86. The maximum absolute atomic E-state index is 13.3. The van der Waals surface area contributed by atoms with Crippen LogP contribution in [0.25, 0.3) is 22.3 Å². The van der Waals surface area contributed by atoms with Crippen molar-refractivity contribution in [3.05, 3.63) is 30.2 Å². The number of H-pyrrole nitrogens is 1. The Bertz CT molecular complexity index is 1350. The number of nitrogens with one attached hydrogen (secondary N) is 2. The van der Waals surface area contributed by atoms with Gasteiger partial charge in [0.05, 0.1) is 29.9 Å². The van der Waals surface area contributed by atoms with E-state index in [9.17, 15) is 9.59 Å². The van der Waals surface area contributed by atoms with Crippen LogP contribution >= 0.6 is 0 Å². The Morgan fingerprint density at radius 3 is 2.76 bits per heavy atom. The first-order valence-electron chi connectivity index (χ1n) is 13.2. The van der Waals surface area contributed by atoms with Gasteiger partial charge < -0.3 is 34.1 Å². The molecule has 0 spiro atoms. The predicted octanol–water partition coefficient (Wildman–Crippen LogP) is 3.88. The van der Waals surface area contributed by atoms with Crippen LogP contribution in [0, 0.1) is 5.92 Å². The highest BCUT2D eigenvalue weighted by Crippen LogP contribution is 2.48. The zero-order valence-electron chi connectivity index (χ0n) is 21.3. The number of aromatic nitrogens is 3. The molecule has 1 aromatic carbocycles. The van der Waals surface area contributed by atoms with Crippen LogP contribution in [-0.2, 0) is 4.74 Å². The largest absolute Gasteiger partial charge is 0.492 e. The third-order valence-corrected chi connectivity index (χ3v) is 7.50. The average Bonchev–Trinajstić information content (AvgIpc) is 3.55. The molecule has 0 bridgehead atoms. The van der Waals surface area contributed by atoms with Gasteiger partial charge in [-0.2, -0.15) is 0 Å². The molecule has 3 aromatic rings. The molecule has 0 radical (unpaired) electrons. The molecule has 2 N–H and O–H groups in total. The zero-order chi connectivity index (χ0) is 26.1. The molecule has 1 aliphatic carbocycles. The molecule has 0 atom stereocenters. The van der Waals surface area contributed by atoms with Crippen LogP contribution in [0.2, 0.25) is 0 Å². The van der Waals surface area contributed by atoms with E-state index in [1.54, 1.807) is 18.0 Å². The second kappa shape index (κ2) is 10.4. The van der Waals surface area contributed by atoms with Crippen molar-refractivity contribution in [3.63, 3.8) is 0 Å². The lowest BCUT2D eigenvalue weighted by atomic mass is 9.86. The van der Waals surface area contributed by atoms with Gasteiger partial charge in [0.15, 0.2) is 11.5 Å². The van der Waals surface area contributed by atoms with Gasteiger partial charge in [0.2, 0.25) is 6.79 Å². The predicted molar refractivity (Wildman–Crippen MR) is 137 cm³/mol. The third kappa shape index (κ3) is 4.57. The van der Waals surface area contributed by atoms with Gasteiger partial charge in [-0.25, -0.2) is 14.8 Å². The topological polar surface area (TPSA) is 128 Å². The number of ether oxygens (including phenoxy) is 4. The number of hydrogen-bond donors (Lipinski definition) is 2. The molecule has 38 heavy (non-hydrogen) atoms. The van der Waals surface area contributed by atoms with E-state index in [0.29, 0.717) is 90.2 Å². The number of aromatic amines is 1. The van der Waals surface area contributed by atoms with Crippen LogP contribution in [0.3, 0.4) is 0 Å². The van der Waals surface area contributed by atoms with Gasteiger partial charge in [-0.05, 0) is 50.7 Å². The quantitative estimate of drug-likeness (QED) is 0.479. The van der Waals surface area contributed by atoms with Gasteiger partial charge in [0.25, 0.3) is 5.91 Å². The number of fused-ring (bicyclic) bond motifs is 2. The number of piperidine rings is 1. The minimum Gasteiger partial charge on any atom is -0.492 e. The van der Waals surface area contributed by atoms with Crippen molar-refractivity contribution in [2.45, 2.75) is 45.1 Å². The highest BCUT2D eigenvalue weighted by molar-refractivity contribution is 6.08. The van der Waals surface area contributed by atoms with Gasteiger partial charge in [-0.15, -0.1) is 0 Å². The average molecular weight is 522 g/mol. The molecule has 2 aliphatic heterocycles. The van der Waals surface area contributed by atoms with Gasteiger partial charge in [0.1, 0.15) is 23.3 Å². The fourth-order valence-corrected chi connectivity index (χ4v) is 5.15. The first-order chi connectivity index (χ1) is 18.6. The first kappa shape index (κ1) is 24.3. The fourth-order valence-electron chi connectivity index (χ4n) is 5.15. The van der Waals surface area contributed by atoms with Gasteiger partial charge in [-0.3, -0.25) is 4.79 Å². The summed E-state index contributed by atoms with van der Waals surface area (Å²) < 4.78 is 22.8. The van der Waals surface area contributed by atoms with Crippen molar-refractivity contribution in [3.8, 4) is 28.5 Å². The number of nitrogens with zero attached hydrogens (tertiary/aromatic N) is 3. The van der Waals surface area contributed by atoms with E-state index in [4.69, 9.17) is 18.9 Å². The Morgan fingerprint density at radius 1 is 1.16 bits per heavy atom. The molecule has 2 fully saturated rings. The molecule has 2 amide bonds. The number of benzene rings is 1. The van der Waals surface area contributed by atoms with Crippen LogP contribution in [0.15, 0.2) is 24.7 Å². The number of rotatable bonds is 7. The number of carbonyl (C=O) groups excluding carboxylic acids is 2. The lowest BCUT2D eigenvalue weighted by Crippen LogP contribution is -2.46. The van der Waals surface area contributed by atoms with Crippen LogP contribution in [0.1, 0.15) is 49.4 Å². The number of hydrogen-bond acceptors (Lipinski definition) is 8. The summed E-state index contributed by atoms with van der Waals surface area (Å²) in [5.74, 6) is 2.19. The SMILES string of the molecule is CCOC(=O)N1CCC(NC(=O)c2c[nH]c3c(-c4c(OCC5CCC5)ccc5c4OCO5)ncnc23)CC1. The Morgan fingerprint density at radius 2 is 2.00 bits per heavy atom. The van der Waals surface area contributed by atoms with Crippen molar-refractivity contribution in [1.82, 2.24) is 25.2 Å². The van der Waals surface area contributed by atoms with E-state index in [2.05, 4.69) is 20.3 Å². The van der Waals surface area contributed by atoms with E-state index in [1.807, 2.05) is 12.1 Å². The summed E-state index contributed by atoms with van der Waals surface area (Å²) in [7, 11) is 0. The van der Waals surface area contributed by atoms with Gasteiger partial charge in [0, 0.05) is 25.3 Å². The normalized spacial score (nSPS) is 17.3. The molecular formula is C27H31N5O6. The minimum absolute atomic E-state index is 0.0473. The Hall–Kier alpha value is -4.02. The second-order valence-electron chi connectivity index (χ2n) is 9.86. The molecule has 6 rings (SSSR count). The Labute approximate surface area is 219 Å². The smallest absolute Gasteiger partial charge is 0.409 e. The summed E-state index contributed by atoms with van der Waals surface area (Å²) in [6.45, 7) is 3.96. The Kier molecular flexibility index (Phi) is 6.65. The molecule has 1 saturated carbocycles. The van der Waals surface area contributed by atoms with Crippen molar-refractivity contribution in [2.75, 3.05) is 33.1 Å². The maximum atomic E-state index is 13.3. The standard InChI is InChI=1S/C27H31N5O6/c1-2-35-27(34)32-10-8-17(9-11-32)31-26(33)18-12-28-24-22(18)29-14-30-23(24)21-19(36-13-16-4-3-5-16)6-7-20-25(21)38-15-37-20/h6-7,12,14,16-17,28H,2-5,8-11,13,15H2,1H3,(H,31,33). The summed E-state index contributed by atoms with van der Waals surface area (Å²) in [6, 6.07) is 3.68. The number of carbonyl (C=O) groups is 2. The number of likely N-dealkylation sites (tertiary alicyclic amines) is 1. The van der Waals surface area contributed by atoms with Crippen molar-refractivity contribution in [1.29, 1.82) is 0 Å². The highest BCUT2D eigenvalue weighted by Gasteiger charge is 2.29. The van der Waals surface area contributed by atoms with E-state index >= 15 is 0 Å². The van der Waals surface area contributed by atoms with Crippen molar-refractivity contribution < 1.29 is 28.5 Å². The minimum atomic E-state index is -0.309.